The number of nitrogens with one attached hydrogen (secondary N) is 1. The standard InChI is InChI=1S/C19H22N4OS3/c1-2-13-5-7-14(8-6-13)17-21-15(11-25-17)12-26-19-23-22-18(27-19)20-10-16-4-3-9-24-16/h5-8,11,16H,2-4,9-10,12H2,1H3,(H,20,22). The molecule has 2 aromatic heterocycles. The zero-order chi connectivity index (χ0) is 18.5. The van der Waals surface area contributed by atoms with Crippen molar-refractivity contribution >= 4 is 39.6 Å². The smallest absolute Gasteiger partial charge is 0.206 e. The van der Waals surface area contributed by atoms with Crippen molar-refractivity contribution in [2.24, 2.45) is 0 Å². The van der Waals surface area contributed by atoms with Crippen molar-refractivity contribution in [1.82, 2.24) is 15.2 Å². The summed E-state index contributed by atoms with van der Waals surface area (Å²) in [4.78, 5) is 4.77. The number of thiazole rings is 1. The topological polar surface area (TPSA) is 59.9 Å². The van der Waals surface area contributed by atoms with Gasteiger partial charge in [-0.05, 0) is 24.8 Å². The normalized spacial score (nSPS) is 16.7. The summed E-state index contributed by atoms with van der Waals surface area (Å²) >= 11 is 4.97. The van der Waals surface area contributed by atoms with Gasteiger partial charge in [0.2, 0.25) is 5.13 Å². The lowest BCUT2D eigenvalue weighted by atomic mass is 10.1. The van der Waals surface area contributed by atoms with E-state index in [9.17, 15) is 0 Å². The Kier molecular flexibility index (Phi) is 6.39. The highest BCUT2D eigenvalue weighted by Crippen LogP contribution is 2.31. The van der Waals surface area contributed by atoms with Gasteiger partial charge < -0.3 is 10.1 Å². The second kappa shape index (κ2) is 9.14. The summed E-state index contributed by atoms with van der Waals surface area (Å²) in [5, 5.41) is 15.9. The third kappa shape index (κ3) is 5.07. The summed E-state index contributed by atoms with van der Waals surface area (Å²) < 4.78 is 6.58. The lowest BCUT2D eigenvalue weighted by Crippen LogP contribution is -2.18. The van der Waals surface area contributed by atoms with E-state index in [2.05, 4.69) is 52.1 Å². The summed E-state index contributed by atoms with van der Waals surface area (Å²) in [5.74, 6) is 0.809. The van der Waals surface area contributed by atoms with E-state index >= 15 is 0 Å². The van der Waals surface area contributed by atoms with Gasteiger partial charge in [-0.15, -0.1) is 21.5 Å². The minimum Gasteiger partial charge on any atom is -0.376 e. The molecule has 0 amide bonds. The first kappa shape index (κ1) is 18.9. The molecule has 1 atom stereocenters. The third-order valence-corrected chi connectivity index (χ3v) is 7.40. The Balaban J connectivity index is 1.29. The van der Waals surface area contributed by atoms with Crippen molar-refractivity contribution in [3.63, 3.8) is 0 Å². The van der Waals surface area contributed by atoms with Gasteiger partial charge in [0.05, 0.1) is 11.8 Å². The molecule has 1 saturated heterocycles. The van der Waals surface area contributed by atoms with Gasteiger partial charge in [0.15, 0.2) is 4.34 Å². The van der Waals surface area contributed by atoms with Crippen LogP contribution in [0.1, 0.15) is 31.0 Å². The van der Waals surface area contributed by atoms with Gasteiger partial charge >= 0.3 is 0 Å². The number of nitrogens with zero attached hydrogens (tertiary/aromatic N) is 3. The highest BCUT2D eigenvalue weighted by molar-refractivity contribution is 8.00. The Hall–Kier alpha value is -1.48. The minimum atomic E-state index is 0.310. The van der Waals surface area contributed by atoms with Crippen molar-refractivity contribution < 1.29 is 4.74 Å². The van der Waals surface area contributed by atoms with Crippen LogP contribution in [0.2, 0.25) is 0 Å². The monoisotopic (exact) mass is 418 g/mol. The Labute approximate surface area is 171 Å². The summed E-state index contributed by atoms with van der Waals surface area (Å²) in [5.41, 5.74) is 3.62. The summed E-state index contributed by atoms with van der Waals surface area (Å²) in [6.07, 6.45) is 3.65. The molecule has 0 spiro atoms. The lowest BCUT2D eigenvalue weighted by Gasteiger charge is -2.08. The Morgan fingerprint density at radius 2 is 2.15 bits per heavy atom. The highest BCUT2D eigenvalue weighted by Gasteiger charge is 2.16. The number of rotatable bonds is 8. The molecule has 142 valence electrons. The molecule has 1 aliphatic rings. The Morgan fingerprint density at radius 3 is 2.93 bits per heavy atom. The summed E-state index contributed by atoms with van der Waals surface area (Å²) in [6, 6.07) is 8.67. The number of aryl methyl sites for hydroxylation is 1. The molecule has 4 rings (SSSR count). The molecule has 0 bridgehead atoms. The first-order chi connectivity index (χ1) is 13.3. The average molecular weight is 419 g/mol. The van der Waals surface area contributed by atoms with Crippen molar-refractivity contribution in [1.29, 1.82) is 0 Å². The maximum atomic E-state index is 5.62. The van der Waals surface area contributed by atoms with Crippen molar-refractivity contribution in [3.05, 3.63) is 40.9 Å². The molecule has 1 fully saturated rings. The lowest BCUT2D eigenvalue weighted by molar-refractivity contribution is 0.120. The van der Waals surface area contributed by atoms with Crippen molar-refractivity contribution in [2.75, 3.05) is 18.5 Å². The molecule has 3 heterocycles. The van der Waals surface area contributed by atoms with Crippen LogP contribution >= 0.6 is 34.4 Å². The molecule has 27 heavy (non-hydrogen) atoms. The first-order valence-corrected chi connectivity index (χ1v) is 11.8. The van der Waals surface area contributed by atoms with E-state index in [1.54, 1.807) is 34.4 Å². The number of ether oxygens (including phenoxy) is 1. The SMILES string of the molecule is CCc1ccc(-c2nc(CSc3nnc(NCC4CCCO4)s3)cs2)cc1. The molecule has 0 radical (unpaired) electrons. The minimum absolute atomic E-state index is 0.310. The van der Waals surface area contributed by atoms with Crippen molar-refractivity contribution in [3.8, 4) is 10.6 Å². The van der Waals surface area contributed by atoms with Crippen LogP contribution in [0.15, 0.2) is 34.0 Å². The summed E-state index contributed by atoms with van der Waals surface area (Å²) in [6.45, 7) is 3.86. The Bertz CT molecular complexity index is 856. The van der Waals surface area contributed by atoms with Gasteiger partial charge in [-0.3, -0.25) is 0 Å². The van der Waals surface area contributed by atoms with Gasteiger partial charge in [-0.1, -0.05) is 54.3 Å². The van der Waals surface area contributed by atoms with E-state index in [1.165, 1.54) is 11.1 Å². The van der Waals surface area contributed by atoms with Crippen LogP contribution in [0.5, 0.6) is 0 Å². The molecule has 1 unspecified atom stereocenters. The number of hydrogen-bond acceptors (Lipinski definition) is 8. The van der Waals surface area contributed by atoms with E-state index in [-0.39, 0.29) is 0 Å². The van der Waals surface area contributed by atoms with Crippen LogP contribution in [0.4, 0.5) is 5.13 Å². The van der Waals surface area contributed by atoms with E-state index < -0.39 is 0 Å². The summed E-state index contributed by atoms with van der Waals surface area (Å²) in [7, 11) is 0. The largest absolute Gasteiger partial charge is 0.376 e. The second-order valence-electron chi connectivity index (χ2n) is 6.37. The molecular formula is C19H22N4OS3. The molecular weight excluding hydrogens is 396 g/mol. The van der Waals surface area contributed by atoms with Gasteiger partial charge in [0.25, 0.3) is 0 Å². The molecule has 1 aliphatic heterocycles. The van der Waals surface area contributed by atoms with Gasteiger partial charge in [-0.2, -0.15) is 0 Å². The molecule has 1 aromatic carbocycles. The second-order valence-corrected chi connectivity index (χ2v) is 9.43. The van der Waals surface area contributed by atoms with Gasteiger partial charge in [-0.25, -0.2) is 4.98 Å². The fourth-order valence-corrected chi connectivity index (χ4v) is 5.45. The number of hydrogen-bond donors (Lipinski definition) is 1. The molecule has 1 N–H and O–H groups in total. The molecule has 3 aromatic rings. The zero-order valence-electron chi connectivity index (χ0n) is 15.2. The molecule has 8 heteroatoms. The Morgan fingerprint density at radius 1 is 1.26 bits per heavy atom. The first-order valence-electron chi connectivity index (χ1n) is 9.15. The quantitative estimate of drug-likeness (QED) is 0.513. The molecule has 5 nitrogen and oxygen atoms in total. The predicted octanol–water partition coefficient (Wildman–Crippen LogP) is 5.11. The van der Waals surface area contributed by atoms with E-state index in [0.717, 1.165) is 58.3 Å². The maximum absolute atomic E-state index is 5.62. The fraction of sp³-hybridized carbons (Fsp3) is 0.421. The fourth-order valence-electron chi connectivity index (χ4n) is 2.87. The van der Waals surface area contributed by atoms with Crippen LogP contribution < -0.4 is 5.32 Å². The average Bonchev–Trinajstić information content (AvgIpc) is 3.47. The number of thioether (sulfide) groups is 1. The van der Waals surface area contributed by atoms with Crippen LogP contribution in [0, 0.1) is 0 Å². The van der Waals surface area contributed by atoms with Crippen molar-refractivity contribution in [2.45, 2.75) is 42.4 Å². The highest BCUT2D eigenvalue weighted by atomic mass is 32.2. The zero-order valence-corrected chi connectivity index (χ0v) is 17.6. The van der Waals surface area contributed by atoms with Gasteiger partial charge in [0.1, 0.15) is 5.01 Å². The van der Waals surface area contributed by atoms with E-state index in [0.29, 0.717) is 6.10 Å². The van der Waals surface area contributed by atoms with Crippen LogP contribution in [-0.4, -0.2) is 34.4 Å². The van der Waals surface area contributed by atoms with E-state index in [4.69, 9.17) is 9.72 Å². The predicted molar refractivity (Wildman–Crippen MR) is 114 cm³/mol. The number of benzene rings is 1. The number of aromatic nitrogens is 3. The number of anilines is 1. The van der Waals surface area contributed by atoms with E-state index in [1.807, 2.05) is 0 Å². The molecule has 0 aliphatic carbocycles. The van der Waals surface area contributed by atoms with Crippen LogP contribution in [-0.2, 0) is 16.9 Å². The molecule has 0 saturated carbocycles. The van der Waals surface area contributed by atoms with Crippen LogP contribution in [0.25, 0.3) is 10.6 Å². The van der Waals surface area contributed by atoms with Gasteiger partial charge in [0, 0.05) is 29.8 Å². The third-order valence-electron chi connectivity index (χ3n) is 4.42. The maximum Gasteiger partial charge on any atom is 0.206 e. The van der Waals surface area contributed by atoms with Crippen LogP contribution in [0.3, 0.4) is 0 Å².